The quantitative estimate of drug-likeness (QED) is 0.688. The number of nitrogens with one attached hydrogen (secondary N) is 3. The zero-order valence-electron chi connectivity index (χ0n) is 12.0. The average Bonchev–Trinajstić information content (AvgIpc) is 3.14. The van der Waals surface area contributed by atoms with Gasteiger partial charge in [0.1, 0.15) is 11.4 Å². The Labute approximate surface area is 126 Å². The number of nitrogens with zero attached hydrogens (tertiary/aromatic N) is 2. The molecular weight excluding hydrogens is 282 g/mol. The Hall–Kier alpha value is -2.83. The first-order valence-electron chi connectivity index (χ1n) is 7.13. The molecule has 0 atom stereocenters. The standard InChI is InChI=1S/C15H15N5O2/c1-22-9-4-5-10-11(6-9)18-14(17-10)13-12(7-16-20-13)19-15(21)8-2-3-8/h4-8H,2-3H2,1H3,(H,16,20)(H,17,18)(H,19,21). The summed E-state index contributed by atoms with van der Waals surface area (Å²) in [5, 5.41) is 9.80. The number of rotatable bonds is 4. The summed E-state index contributed by atoms with van der Waals surface area (Å²) in [6.45, 7) is 0. The molecule has 2 heterocycles. The van der Waals surface area contributed by atoms with E-state index in [1.54, 1.807) is 13.3 Å². The number of fused-ring (bicyclic) bond motifs is 1. The molecule has 1 aliphatic carbocycles. The third kappa shape index (κ3) is 2.20. The minimum absolute atomic E-state index is 0.0421. The van der Waals surface area contributed by atoms with E-state index in [1.165, 1.54) is 0 Å². The fourth-order valence-electron chi connectivity index (χ4n) is 2.38. The molecule has 1 saturated carbocycles. The monoisotopic (exact) mass is 297 g/mol. The SMILES string of the molecule is COc1ccc2nc(-c3[nH]ncc3NC(=O)C3CC3)[nH]c2c1. The molecule has 0 unspecified atom stereocenters. The van der Waals surface area contributed by atoms with Gasteiger partial charge >= 0.3 is 0 Å². The van der Waals surface area contributed by atoms with Crippen molar-refractivity contribution in [1.29, 1.82) is 0 Å². The molecule has 3 N–H and O–H groups in total. The van der Waals surface area contributed by atoms with Crippen LogP contribution < -0.4 is 10.1 Å². The molecular formula is C15H15N5O2. The number of anilines is 1. The Morgan fingerprint density at radius 1 is 1.41 bits per heavy atom. The van der Waals surface area contributed by atoms with Gasteiger partial charge in [0.05, 0.1) is 30.0 Å². The third-order valence-corrected chi connectivity index (χ3v) is 3.77. The molecule has 7 nitrogen and oxygen atoms in total. The van der Waals surface area contributed by atoms with E-state index in [0.29, 0.717) is 17.2 Å². The molecule has 0 aliphatic heterocycles. The van der Waals surface area contributed by atoms with Crippen molar-refractivity contribution in [2.75, 3.05) is 12.4 Å². The fourth-order valence-corrected chi connectivity index (χ4v) is 2.38. The molecule has 0 spiro atoms. The lowest BCUT2D eigenvalue weighted by atomic mass is 10.3. The molecule has 3 aromatic rings. The summed E-state index contributed by atoms with van der Waals surface area (Å²) in [5.74, 6) is 1.57. The lowest BCUT2D eigenvalue weighted by Crippen LogP contribution is -2.13. The molecule has 4 rings (SSSR count). The van der Waals surface area contributed by atoms with Gasteiger partial charge in [0.25, 0.3) is 0 Å². The Morgan fingerprint density at radius 3 is 3.05 bits per heavy atom. The smallest absolute Gasteiger partial charge is 0.227 e. The van der Waals surface area contributed by atoms with Crippen LogP contribution in [0.3, 0.4) is 0 Å². The Morgan fingerprint density at radius 2 is 2.27 bits per heavy atom. The van der Waals surface area contributed by atoms with Gasteiger partial charge in [-0.1, -0.05) is 0 Å². The maximum absolute atomic E-state index is 11.9. The van der Waals surface area contributed by atoms with Crippen molar-refractivity contribution in [3.8, 4) is 17.3 Å². The van der Waals surface area contributed by atoms with E-state index in [9.17, 15) is 4.79 Å². The fraction of sp³-hybridized carbons (Fsp3) is 0.267. The Bertz CT molecular complexity index is 847. The Balaban J connectivity index is 1.69. The number of hydrogen-bond acceptors (Lipinski definition) is 4. The number of carbonyl (C=O) groups excluding carboxylic acids is 1. The number of H-pyrrole nitrogens is 2. The molecule has 7 heteroatoms. The first-order valence-corrected chi connectivity index (χ1v) is 7.13. The molecule has 0 bridgehead atoms. The number of carbonyl (C=O) groups is 1. The van der Waals surface area contributed by atoms with Crippen molar-refractivity contribution in [3.05, 3.63) is 24.4 Å². The summed E-state index contributed by atoms with van der Waals surface area (Å²) in [4.78, 5) is 19.7. The summed E-state index contributed by atoms with van der Waals surface area (Å²) in [5.41, 5.74) is 3.00. The molecule has 1 aliphatic rings. The summed E-state index contributed by atoms with van der Waals surface area (Å²) < 4.78 is 5.21. The summed E-state index contributed by atoms with van der Waals surface area (Å²) in [6.07, 6.45) is 3.52. The van der Waals surface area contributed by atoms with E-state index in [-0.39, 0.29) is 11.8 Å². The van der Waals surface area contributed by atoms with Gasteiger partial charge in [-0.15, -0.1) is 0 Å². The number of ether oxygens (including phenoxy) is 1. The van der Waals surface area contributed by atoms with Crippen LogP contribution in [0.5, 0.6) is 5.75 Å². The maximum Gasteiger partial charge on any atom is 0.227 e. The molecule has 22 heavy (non-hydrogen) atoms. The third-order valence-electron chi connectivity index (χ3n) is 3.77. The van der Waals surface area contributed by atoms with E-state index < -0.39 is 0 Å². The van der Waals surface area contributed by atoms with Crippen LogP contribution in [0, 0.1) is 5.92 Å². The molecule has 0 saturated heterocycles. The maximum atomic E-state index is 11.9. The topological polar surface area (TPSA) is 95.7 Å². The zero-order valence-corrected chi connectivity index (χ0v) is 12.0. The van der Waals surface area contributed by atoms with Crippen LogP contribution in [-0.4, -0.2) is 33.2 Å². The number of hydrogen-bond donors (Lipinski definition) is 3. The van der Waals surface area contributed by atoms with Crippen LogP contribution >= 0.6 is 0 Å². The highest BCUT2D eigenvalue weighted by atomic mass is 16.5. The van der Waals surface area contributed by atoms with E-state index in [0.717, 1.165) is 29.6 Å². The average molecular weight is 297 g/mol. The lowest BCUT2D eigenvalue weighted by Gasteiger charge is -2.02. The van der Waals surface area contributed by atoms with Gasteiger partial charge in [-0.05, 0) is 25.0 Å². The molecule has 2 aromatic heterocycles. The number of benzene rings is 1. The predicted molar refractivity (Wildman–Crippen MR) is 81.6 cm³/mol. The van der Waals surface area contributed by atoms with E-state index in [1.807, 2.05) is 18.2 Å². The molecule has 1 aromatic carbocycles. The molecule has 1 fully saturated rings. The van der Waals surface area contributed by atoms with E-state index in [2.05, 4.69) is 25.5 Å². The largest absolute Gasteiger partial charge is 0.497 e. The summed E-state index contributed by atoms with van der Waals surface area (Å²) in [6, 6.07) is 5.62. The highest BCUT2D eigenvalue weighted by molar-refractivity contribution is 5.97. The molecule has 1 amide bonds. The Kier molecular flexibility index (Phi) is 2.85. The van der Waals surface area contributed by atoms with Crippen molar-refractivity contribution in [3.63, 3.8) is 0 Å². The van der Waals surface area contributed by atoms with Crippen LogP contribution in [0.15, 0.2) is 24.4 Å². The van der Waals surface area contributed by atoms with Gasteiger partial charge in [-0.25, -0.2) is 4.98 Å². The second-order valence-corrected chi connectivity index (χ2v) is 5.39. The number of imidazole rings is 1. The molecule has 112 valence electrons. The van der Waals surface area contributed by atoms with Crippen molar-refractivity contribution < 1.29 is 9.53 Å². The van der Waals surface area contributed by atoms with Crippen molar-refractivity contribution in [2.45, 2.75) is 12.8 Å². The summed E-state index contributed by atoms with van der Waals surface area (Å²) in [7, 11) is 1.62. The van der Waals surface area contributed by atoms with Crippen molar-refractivity contribution >= 4 is 22.6 Å². The van der Waals surface area contributed by atoms with Crippen LogP contribution in [0.25, 0.3) is 22.6 Å². The van der Waals surface area contributed by atoms with Crippen LogP contribution in [0.1, 0.15) is 12.8 Å². The van der Waals surface area contributed by atoms with Crippen LogP contribution in [-0.2, 0) is 4.79 Å². The summed E-state index contributed by atoms with van der Waals surface area (Å²) >= 11 is 0. The van der Waals surface area contributed by atoms with Gasteiger partial charge in [0.2, 0.25) is 5.91 Å². The highest BCUT2D eigenvalue weighted by Crippen LogP contribution is 2.32. The van der Waals surface area contributed by atoms with Crippen LogP contribution in [0.2, 0.25) is 0 Å². The first kappa shape index (κ1) is 12.9. The van der Waals surface area contributed by atoms with E-state index in [4.69, 9.17) is 4.74 Å². The number of methoxy groups -OCH3 is 1. The van der Waals surface area contributed by atoms with E-state index >= 15 is 0 Å². The lowest BCUT2D eigenvalue weighted by molar-refractivity contribution is -0.117. The minimum atomic E-state index is 0.0421. The first-order chi connectivity index (χ1) is 10.7. The van der Waals surface area contributed by atoms with Crippen LogP contribution in [0.4, 0.5) is 5.69 Å². The minimum Gasteiger partial charge on any atom is -0.497 e. The zero-order chi connectivity index (χ0) is 15.1. The van der Waals surface area contributed by atoms with Gasteiger partial charge in [0, 0.05) is 12.0 Å². The predicted octanol–water partition coefficient (Wildman–Crippen LogP) is 2.31. The molecule has 0 radical (unpaired) electrons. The van der Waals surface area contributed by atoms with Gasteiger partial charge in [-0.3, -0.25) is 9.89 Å². The normalized spacial score (nSPS) is 14.2. The van der Waals surface area contributed by atoms with Crippen molar-refractivity contribution in [2.24, 2.45) is 5.92 Å². The van der Waals surface area contributed by atoms with Gasteiger partial charge in [0.15, 0.2) is 5.82 Å². The number of aromatic nitrogens is 4. The number of aromatic amines is 2. The highest BCUT2D eigenvalue weighted by Gasteiger charge is 2.30. The second-order valence-electron chi connectivity index (χ2n) is 5.39. The van der Waals surface area contributed by atoms with Gasteiger partial charge in [-0.2, -0.15) is 5.10 Å². The second kappa shape index (κ2) is 4.87. The van der Waals surface area contributed by atoms with Crippen molar-refractivity contribution in [1.82, 2.24) is 20.2 Å². The number of amides is 1. The van der Waals surface area contributed by atoms with Gasteiger partial charge < -0.3 is 15.0 Å².